The quantitative estimate of drug-likeness (QED) is 0.249. The van der Waals surface area contributed by atoms with Crippen molar-refractivity contribution in [1.82, 2.24) is 0 Å². The summed E-state index contributed by atoms with van der Waals surface area (Å²) in [4.78, 5) is 54.2. The summed E-state index contributed by atoms with van der Waals surface area (Å²) < 4.78 is 42.8. The third-order valence-electron chi connectivity index (χ3n) is 13.4. The molecule has 1 aromatic rings. The number of carbonyl (C=O) groups excluding carboxylic acids is 4. The smallest absolute Gasteiger partial charge is 0.308 e. The number of carbonyl (C=O) groups is 4. The van der Waals surface area contributed by atoms with Gasteiger partial charge in [0.1, 0.15) is 34.8 Å². The van der Waals surface area contributed by atoms with Crippen molar-refractivity contribution in [2.24, 2.45) is 34.0 Å². The second kappa shape index (κ2) is 9.21. The van der Waals surface area contributed by atoms with Crippen LogP contribution in [0.2, 0.25) is 0 Å². The van der Waals surface area contributed by atoms with Crippen molar-refractivity contribution in [3.05, 3.63) is 24.2 Å². The number of methoxy groups -OCH3 is 2. The van der Waals surface area contributed by atoms with E-state index in [0.29, 0.717) is 18.4 Å². The van der Waals surface area contributed by atoms with Crippen LogP contribution in [0.1, 0.15) is 90.4 Å². The number of esters is 3. The molecule has 11 atom stereocenters. The molecule has 3 heterocycles. The van der Waals surface area contributed by atoms with Gasteiger partial charge in [-0.1, -0.05) is 34.6 Å². The molecule has 12 heteroatoms. The van der Waals surface area contributed by atoms with Crippen molar-refractivity contribution < 1.29 is 57.1 Å². The first-order chi connectivity index (χ1) is 21.4. The molecule has 2 aliphatic heterocycles. The van der Waals surface area contributed by atoms with E-state index in [9.17, 15) is 24.3 Å². The Labute approximate surface area is 267 Å². The molecule has 1 N–H and O–H groups in total. The minimum absolute atomic E-state index is 0.0643. The fraction of sp³-hybridized carbons (Fsp3) is 0.765. The maximum absolute atomic E-state index is 14.4. The highest BCUT2D eigenvalue weighted by Crippen LogP contribution is 2.89. The fourth-order valence-corrected chi connectivity index (χ4v) is 11.7. The first-order valence-electron chi connectivity index (χ1n) is 16.1. The Bertz CT molecular complexity index is 1520. The van der Waals surface area contributed by atoms with Crippen LogP contribution in [-0.4, -0.2) is 77.5 Å². The summed E-state index contributed by atoms with van der Waals surface area (Å²) in [5, 5.41) is 13.3. The van der Waals surface area contributed by atoms with E-state index >= 15 is 0 Å². The molecule has 11 unspecified atom stereocenters. The van der Waals surface area contributed by atoms with Gasteiger partial charge in [0, 0.05) is 41.9 Å². The molecule has 6 aliphatic rings. The minimum Gasteiger partial charge on any atom is -0.472 e. The van der Waals surface area contributed by atoms with Crippen molar-refractivity contribution in [2.75, 3.05) is 14.2 Å². The minimum atomic E-state index is -1.84. The summed E-state index contributed by atoms with van der Waals surface area (Å²) in [7, 11) is 2.60. The summed E-state index contributed by atoms with van der Waals surface area (Å²) in [6.45, 7) is 10.8. The van der Waals surface area contributed by atoms with E-state index in [-0.39, 0.29) is 31.5 Å². The van der Waals surface area contributed by atoms with Crippen LogP contribution in [0, 0.1) is 34.0 Å². The Hall–Kier alpha value is -2.80. The van der Waals surface area contributed by atoms with Crippen molar-refractivity contribution in [2.45, 2.75) is 115 Å². The lowest BCUT2D eigenvalue weighted by atomic mass is 9.34. The second-order valence-electron chi connectivity index (χ2n) is 15.6. The zero-order valence-electron chi connectivity index (χ0n) is 27.7. The summed E-state index contributed by atoms with van der Waals surface area (Å²) in [5.74, 6) is -5.42. The molecule has 6 fully saturated rings. The predicted octanol–water partition coefficient (Wildman–Crippen LogP) is 3.72. The van der Waals surface area contributed by atoms with Gasteiger partial charge >= 0.3 is 17.9 Å². The van der Waals surface area contributed by atoms with Gasteiger partial charge in [0.05, 0.1) is 38.4 Å². The van der Waals surface area contributed by atoms with Crippen molar-refractivity contribution in [3.63, 3.8) is 0 Å². The number of ether oxygens (including phenoxy) is 6. The lowest BCUT2D eigenvalue weighted by Gasteiger charge is -2.75. The third kappa shape index (κ3) is 3.25. The van der Waals surface area contributed by atoms with Gasteiger partial charge < -0.3 is 37.9 Å². The molecule has 0 radical (unpaired) electrons. The highest BCUT2D eigenvalue weighted by Gasteiger charge is 3.00. The van der Waals surface area contributed by atoms with Gasteiger partial charge in [-0.3, -0.25) is 19.2 Å². The van der Waals surface area contributed by atoms with Crippen LogP contribution in [0.15, 0.2) is 23.0 Å². The highest BCUT2D eigenvalue weighted by molar-refractivity contribution is 6.00. The number of hydrogen-bond acceptors (Lipinski definition) is 12. The summed E-state index contributed by atoms with van der Waals surface area (Å²) >= 11 is 0. The molecule has 252 valence electrons. The number of rotatable bonds is 8. The van der Waals surface area contributed by atoms with E-state index in [2.05, 4.69) is 0 Å². The Morgan fingerprint density at radius 1 is 0.913 bits per heavy atom. The van der Waals surface area contributed by atoms with Gasteiger partial charge in [-0.05, 0) is 31.2 Å². The zero-order valence-corrected chi connectivity index (χ0v) is 27.7. The zero-order chi connectivity index (χ0) is 33.5. The van der Waals surface area contributed by atoms with E-state index in [1.165, 1.54) is 26.7 Å². The van der Waals surface area contributed by atoms with Gasteiger partial charge in [0.25, 0.3) is 5.97 Å². The van der Waals surface area contributed by atoms with Crippen LogP contribution in [0.25, 0.3) is 0 Å². The molecular weight excluding hydrogens is 600 g/mol. The molecule has 1 aromatic heterocycles. The molecule has 4 saturated carbocycles. The van der Waals surface area contributed by atoms with Crippen LogP contribution < -0.4 is 0 Å². The lowest BCUT2D eigenvalue weighted by Crippen LogP contribution is -2.88. The molecule has 7 rings (SSSR count). The largest absolute Gasteiger partial charge is 0.472 e. The van der Waals surface area contributed by atoms with Gasteiger partial charge in [0.2, 0.25) is 0 Å². The first-order valence-corrected chi connectivity index (χ1v) is 16.1. The summed E-state index contributed by atoms with van der Waals surface area (Å²) in [5.41, 5.74) is -8.88. The van der Waals surface area contributed by atoms with Crippen LogP contribution in [0.4, 0.5) is 0 Å². The Morgan fingerprint density at radius 3 is 2.13 bits per heavy atom. The SMILES string of the molecule is COC(=O)CC1C(C)(C(=O)c2ccoc2)CCC23OC4(C)OC12CC1(O)C(OC(=O)C(C)C)C2(C)CC1(O4)C3(C)C2CC(=O)OC. The monoisotopic (exact) mass is 644 g/mol. The Morgan fingerprint density at radius 2 is 1.54 bits per heavy atom. The van der Waals surface area contributed by atoms with E-state index in [1.54, 1.807) is 26.8 Å². The average Bonchev–Trinajstić information content (AvgIpc) is 3.68. The molecule has 2 spiro atoms. The van der Waals surface area contributed by atoms with Crippen LogP contribution >= 0.6 is 0 Å². The van der Waals surface area contributed by atoms with Gasteiger partial charge in [-0.15, -0.1) is 0 Å². The third-order valence-corrected chi connectivity index (χ3v) is 13.4. The van der Waals surface area contributed by atoms with Gasteiger partial charge in [-0.2, -0.15) is 0 Å². The number of fused-ring (bicyclic) bond motifs is 2. The normalized spacial score (nSPS) is 49.1. The molecule has 46 heavy (non-hydrogen) atoms. The Balaban J connectivity index is 1.51. The highest BCUT2D eigenvalue weighted by atomic mass is 16.9. The molecule has 12 nitrogen and oxygen atoms in total. The van der Waals surface area contributed by atoms with Crippen LogP contribution in [0.3, 0.4) is 0 Å². The van der Waals surface area contributed by atoms with Crippen LogP contribution in [-0.2, 0) is 42.8 Å². The number of furan rings is 1. The number of aliphatic hydroxyl groups is 1. The van der Waals surface area contributed by atoms with E-state index in [0.717, 1.165) is 0 Å². The first kappa shape index (κ1) is 31.8. The number of ketones is 1. The molecule has 0 amide bonds. The Kier molecular flexibility index (Phi) is 6.36. The van der Waals surface area contributed by atoms with Crippen molar-refractivity contribution >= 4 is 23.7 Å². The van der Waals surface area contributed by atoms with Gasteiger partial charge in [-0.25, -0.2) is 0 Å². The number of hydrogen-bond donors (Lipinski definition) is 1. The summed E-state index contributed by atoms with van der Waals surface area (Å²) in [6.07, 6.45) is 2.13. The molecule has 4 bridgehead atoms. The maximum atomic E-state index is 14.4. The van der Waals surface area contributed by atoms with Crippen molar-refractivity contribution in [3.8, 4) is 0 Å². The van der Waals surface area contributed by atoms with E-state index < -0.39 is 86.4 Å². The molecule has 2 saturated heterocycles. The summed E-state index contributed by atoms with van der Waals surface area (Å²) in [6, 6.07) is 1.59. The maximum Gasteiger partial charge on any atom is 0.308 e. The van der Waals surface area contributed by atoms with Gasteiger partial charge in [0.15, 0.2) is 5.78 Å². The standard InChI is InChI=1S/C34H44O12/c1-18(2)25(38)43-26-28(4)16-34-29(5,20(28)13-22(35)40-7)33-11-10-27(3,24(37)19-9-12-42-15-19)21(14-23(36)41-8)32(33,17-31(26,34)39)44-30(6,45-33)46-34/h9,12,15,18,20-21,26,39H,10-11,13-14,16-17H2,1-8H3. The fourth-order valence-electron chi connectivity index (χ4n) is 11.7. The van der Waals surface area contributed by atoms with E-state index in [1.807, 2.05) is 20.8 Å². The molecular formula is C34H44O12. The second-order valence-corrected chi connectivity index (χ2v) is 15.6. The molecule has 4 aliphatic carbocycles. The average molecular weight is 645 g/mol. The van der Waals surface area contributed by atoms with Crippen LogP contribution in [0.5, 0.6) is 0 Å². The predicted molar refractivity (Wildman–Crippen MR) is 156 cm³/mol. The lowest BCUT2D eigenvalue weighted by molar-refractivity contribution is -0.469. The number of Topliss-reactive ketones (excluding diaryl/α,β-unsaturated/α-hetero) is 1. The van der Waals surface area contributed by atoms with E-state index in [4.69, 9.17) is 32.8 Å². The van der Waals surface area contributed by atoms with Crippen molar-refractivity contribution in [1.29, 1.82) is 0 Å². The molecule has 0 aromatic carbocycles. The topological polar surface area (TPSA) is 157 Å².